The molecule has 0 bridgehead atoms. The molecule has 1 heterocycles. The van der Waals surface area contributed by atoms with Gasteiger partial charge in [-0.25, -0.2) is 0 Å². The molecule has 2 fully saturated rings. The number of rotatable bonds is 4. The first-order valence-corrected chi connectivity index (χ1v) is 7.80. The first-order chi connectivity index (χ1) is 9.08. The summed E-state index contributed by atoms with van der Waals surface area (Å²) in [6.07, 6.45) is 7.32. The van der Waals surface area contributed by atoms with Crippen LogP contribution in [0.3, 0.4) is 0 Å². The Morgan fingerprint density at radius 3 is 2.53 bits per heavy atom. The minimum absolute atomic E-state index is 0.0780. The lowest BCUT2D eigenvalue weighted by molar-refractivity contribution is -0.120. The van der Waals surface area contributed by atoms with Crippen molar-refractivity contribution < 1.29 is 9.53 Å². The molecule has 110 valence electrons. The monoisotopic (exact) mass is 267 g/mol. The van der Waals surface area contributed by atoms with Crippen molar-refractivity contribution in [1.29, 1.82) is 0 Å². The summed E-state index contributed by atoms with van der Waals surface area (Å²) < 4.78 is 5.58. The lowest BCUT2D eigenvalue weighted by Gasteiger charge is -2.43. The second-order valence-electron chi connectivity index (χ2n) is 6.94. The Labute approximate surface area is 117 Å². The zero-order valence-corrected chi connectivity index (χ0v) is 12.7. The van der Waals surface area contributed by atoms with Crippen LogP contribution in [0.4, 0.5) is 0 Å². The van der Waals surface area contributed by atoms with E-state index in [9.17, 15) is 4.79 Å². The van der Waals surface area contributed by atoms with E-state index in [-0.39, 0.29) is 5.41 Å². The fourth-order valence-electron chi connectivity index (χ4n) is 3.64. The zero-order valence-electron chi connectivity index (χ0n) is 12.7. The highest BCUT2D eigenvalue weighted by atomic mass is 16.5. The van der Waals surface area contributed by atoms with Crippen LogP contribution in [-0.4, -0.2) is 44.0 Å². The van der Waals surface area contributed by atoms with Crippen LogP contribution in [0.25, 0.3) is 0 Å². The number of nitrogens with zero attached hydrogens (tertiary/aromatic N) is 1. The minimum Gasteiger partial charge on any atom is -0.380 e. The standard InChI is InChI=1S/C16H29NO2/c1-13-4-7-16(12-18,8-5-13)11-17-9-6-14(2)15(10-17)19-3/h12-15H,4-11H2,1-3H3. The number of hydrogen-bond acceptors (Lipinski definition) is 3. The Morgan fingerprint density at radius 1 is 1.26 bits per heavy atom. The molecule has 2 atom stereocenters. The van der Waals surface area contributed by atoms with Gasteiger partial charge in [-0.1, -0.05) is 13.8 Å². The quantitative estimate of drug-likeness (QED) is 0.734. The third kappa shape index (κ3) is 3.57. The summed E-state index contributed by atoms with van der Waals surface area (Å²) in [5.41, 5.74) is -0.0780. The van der Waals surface area contributed by atoms with Crippen LogP contribution in [-0.2, 0) is 9.53 Å². The smallest absolute Gasteiger partial charge is 0.127 e. The fourth-order valence-corrected chi connectivity index (χ4v) is 3.64. The van der Waals surface area contributed by atoms with Gasteiger partial charge in [0.25, 0.3) is 0 Å². The van der Waals surface area contributed by atoms with E-state index in [0.29, 0.717) is 12.0 Å². The summed E-state index contributed by atoms with van der Waals surface area (Å²) in [5.74, 6) is 1.43. The fraction of sp³-hybridized carbons (Fsp3) is 0.938. The van der Waals surface area contributed by atoms with E-state index in [1.54, 1.807) is 0 Å². The van der Waals surface area contributed by atoms with Crippen LogP contribution in [0.5, 0.6) is 0 Å². The number of methoxy groups -OCH3 is 1. The molecular formula is C16H29NO2. The second kappa shape index (κ2) is 6.36. The van der Waals surface area contributed by atoms with Crippen LogP contribution in [0, 0.1) is 17.3 Å². The normalized spacial score (nSPS) is 41.1. The van der Waals surface area contributed by atoms with Crippen LogP contribution >= 0.6 is 0 Å². The molecule has 2 aliphatic rings. The highest BCUT2D eigenvalue weighted by Gasteiger charge is 2.37. The molecule has 0 amide bonds. The van der Waals surface area contributed by atoms with E-state index < -0.39 is 0 Å². The van der Waals surface area contributed by atoms with Gasteiger partial charge in [-0.15, -0.1) is 0 Å². The molecule has 2 rings (SSSR count). The molecule has 3 nitrogen and oxygen atoms in total. The SMILES string of the molecule is COC1CN(CC2(C=O)CCC(C)CC2)CCC1C. The molecule has 0 radical (unpaired) electrons. The first-order valence-electron chi connectivity index (χ1n) is 7.80. The average molecular weight is 267 g/mol. The van der Waals surface area contributed by atoms with Gasteiger partial charge in [0.1, 0.15) is 6.29 Å². The Hall–Kier alpha value is -0.410. The van der Waals surface area contributed by atoms with Crippen molar-refractivity contribution >= 4 is 6.29 Å². The van der Waals surface area contributed by atoms with E-state index in [4.69, 9.17) is 4.74 Å². The molecule has 0 N–H and O–H groups in total. The van der Waals surface area contributed by atoms with Gasteiger partial charge in [0.15, 0.2) is 0 Å². The molecule has 1 aliphatic carbocycles. The molecular weight excluding hydrogens is 238 g/mol. The van der Waals surface area contributed by atoms with Crippen molar-refractivity contribution in [3.8, 4) is 0 Å². The van der Waals surface area contributed by atoms with Crippen molar-refractivity contribution in [2.75, 3.05) is 26.7 Å². The maximum absolute atomic E-state index is 11.6. The molecule has 3 heteroatoms. The number of carbonyl (C=O) groups excluding carboxylic acids is 1. The highest BCUT2D eigenvalue weighted by molar-refractivity contribution is 5.60. The molecule has 0 aromatic carbocycles. The topological polar surface area (TPSA) is 29.5 Å². The maximum atomic E-state index is 11.6. The van der Waals surface area contributed by atoms with Gasteiger partial charge in [0.05, 0.1) is 6.10 Å². The van der Waals surface area contributed by atoms with Gasteiger partial charge >= 0.3 is 0 Å². The van der Waals surface area contributed by atoms with Crippen LogP contribution in [0.1, 0.15) is 46.0 Å². The molecule has 0 aromatic heterocycles. The summed E-state index contributed by atoms with van der Waals surface area (Å²) in [7, 11) is 1.81. The summed E-state index contributed by atoms with van der Waals surface area (Å²) in [6, 6.07) is 0. The molecule has 19 heavy (non-hydrogen) atoms. The van der Waals surface area contributed by atoms with Crippen LogP contribution < -0.4 is 0 Å². The first kappa shape index (κ1) is 15.0. The second-order valence-corrected chi connectivity index (χ2v) is 6.94. The molecule has 0 spiro atoms. The van der Waals surface area contributed by atoms with Gasteiger partial charge in [-0.05, 0) is 50.5 Å². The lowest BCUT2D eigenvalue weighted by atomic mass is 9.71. The van der Waals surface area contributed by atoms with Crippen molar-refractivity contribution in [3.63, 3.8) is 0 Å². The van der Waals surface area contributed by atoms with Gasteiger partial charge < -0.3 is 9.53 Å². The molecule has 1 aliphatic heterocycles. The molecule has 1 saturated carbocycles. The largest absolute Gasteiger partial charge is 0.380 e. The van der Waals surface area contributed by atoms with Crippen LogP contribution in [0.15, 0.2) is 0 Å². The van der Waals surface area contributed by atoms with Crippen molar-refractivity contribution in [2.24, 2.45) is 17.3 Å². The highest BCUT2D eigenvalue weighted by Crippen LogP contribution is 2.38. The van der Waals surface area contributed by atoms with Crippen LogP contribution in [0.2, 0.25) is 0 Å². The average Bonchev–Trinajstić information content (AvgIpc) is 2.44. The summed E-state index contributed by atoms with van der Waals surface area (Å²) >= 11 is 0. The molecule has 1 saturated heterocycles. The van der Waals surface area contributed by atoms with Crippen molar-refractivity contribution in [3.05, 3.63) is 0 Å². The van der Waals surface area contributed by atoms with Gasteiger partial charge in [0, 0.05) is 25.6 Å². The number of piperidine rings is 1. The van der Waals surface area contributed by atoms with E-state index >= 15 is 0 Å². The Kier molecular flexibility index (Phi) is 5.02. The van der Waals surface area contributed by atoms with Gasteiger partial charge in [0.2, 0.25) is 0 Å². The molecule has 0 aromatic rings. The zero-order chi connectivity index (χ0) is 13.9. The van der Waals surface area contributed by atoms with E-state index in [2.05, 4.69) is 18.7 Å². The Morgan fingerprint density at radius 2 is 1.95 bits per heavy atom. The summed E-state index contributed by atoms with van der Waals surface area (Å²) in [4.78, 5) is 14.1. The van der Waals surface area contributed by atoms with Gasteiger partial charge in [-0.2, -0.15) is 0 Å². The maximum Gasteiger partial charge on any atom is 0.127 e. The van der Waals surface area contributed by atoms with Gasteiger partial charge in [-0.3, -0.25) is 4.90 Å². The summed E-state index contributed by atoms with van der Waals surface area (Å²) in [6.45, 7) is 7.62. The number of ether oxygens (including phenoxy) is 1. The number of carbonyl (C=O) groups is 1. The lowest BCUT2D eigenvalue weighted by Crippen LogP contribution is -2.49. The predicted molar refractivity (Wildman–Crippen MR) is 77.1 cm³/mol. The number of likely N-dealkylation sites (tertiary alicyclic amines) is 1. The number of aldehydes is 1. The van der Waals surface area contributed by atoms with E-state index in [1.807, 2.05) is 7.11 Å². The van der Waals surface area contributed by atoms with E-state index in [1.165, 1.54) is 25.5 Å². The minimum atomic E-state index is -0.0780. The predicted octanol–water partition coefficient (Wildman–Crippen LogP) is 2.74. The third-order valence-corrected chi connectivity index (χ3v) is 5.33. The third-order valence-electron chi connectivity index (χ3n) is 5.33. The number of hydrogen-bond donors (Lipinski definition) is 0. The molecule has 2 unspecified atom stereocenters. The van der Waals surface area contributed by atoms with Crippen molar-refractivity contribution in [1.82, 2.24) is 4.90 Å². The Balaban J connectivity index is 1.93. The van der Waals surface area contributed by atoms with E-state index in [0.717, 1.165) is 38.4 Å². The summed E-state index contributed by atoms with van der Waals surface area (Å²) in [5, 5.41) is 0. The Bertz CT molecular complexity index is 297. The van der Waals surface area contributed by atoms with Crippen molar-refractivity contribution in [2.45, 2.75) is 52.1 Å².